The van der Waals surface area contributed by atoms with Crippen molar-refractivity contribution in [1.82, 2.24) is 0 Å². The van der Waals surface area contributed by atoms with Crippen LogP contribution in [0.2, 0.25) is 0 Å². The molecule has 2 heterocycles. The van der Waals surface area contributed by atoms with Crippen molar-refractivity contribution in [3.63, 3.8) is 0 Å². The second-order valence-corrected chi connectivity index (χ2v) is 19.7. The van der Waals surface area contributed by atoms with Gasteiger partial charge in [-0.05, 0) is 104 Å². The molecular weight excluding hydrogens is 909 g/mol. The van der Waals surface area contributed by atoms with Gasteiger partial charge >= 0.3 is 11.9 Å². The maximum absolute atomic E-state index is 14.0. The highest BCUT2D eigenvalue weighted by Crippen LogP contribution is 2.50. The average Bonchev–Trinajstić information content (AvgIpc) is 3.37. The smallest absolute Gasteiger partial charge is 0.309 e. The number of ether oxygens (including phenoxy) is 9. The number of quaternary nitrogens is 2. The summed E-state index contributed by atoms with van der Waals surface area (Å²) in [7, 11) is 19.3. The first-order chi connectivity index (χ1) is 34.1. The molecule has 2 aliphatic rings. The molecule has 0 fully saturated rings. The normalized spacial score (nSPS) is 20.1. The molecule has 0 spiro atoms. The van der Waals surface area contributed by atoms with Crippen LogP contribution in [0.3, 0.4) is 0 Å². The number of hydrogen-bond acceptors (Lipinski definition) is 11. The van der Waals surface area contributed by atoms with Crippen molar-refractivity contribution in [2.75, 3.05) is 104 Å². The van der Waals surface area contributed by atoms with Gasteiger partial charge in [0.05, 0.1) is 110 Å². The van der Waals surface area contributed by atoms with E-state index in [2.05, 4.69) is 44.4 Å². The van der Waals surface area contributed by atoms with Crippen LogP contribution in [0.25, 0.3) is 0 Å². The monoisotopic (exact) mass is 987 g/mol. The lowest BCUT2D eigenvalue weighted by Gasteiger charge is -2.47. The largest absolute Gasteiger partial charge is 0.493 e. The summed E-state index contributed by atoms with van der Waals surface area (Å²) in [5.74, 6) is 3.94. The molecule has 1 unspecified atom stereocenters. The zero-order valence-electron chi connectivity index (χ0n) is 43.9. The third-order valence-corrected chi connectivity index (χ3v) is 15.6. The van der Waals surface area contributed by atoms with Crippen LogP contribution < -0.4 is 42.6 Å². The van der Waals surface area contributed by atoms with Gasteiger partial charge in [-0.25, -0.2) is 0 Å². The molecule has 0 amide bonds. The lowest BCUT2D eigenvalue weighted by Crippen LogP contribution is -2.53. The molecule has 0 aromatic heterocycles. The molecular formula is C56H78N2O13+2. The summed E-state index contributed by atoms with van der Waals surface area (Å²) in [6.07, 6.45) is 6.88. The Bertz CT molecular complexity index is 2450. The van der Waals surface area contributed by atoms with Crippen LogP contribution >= 0.6 is 0 Å². The van der Waals surface area contributed by atoms with Gasteiger partial charge < -0.3 is 61.8 Å². The van der Waals surface area contributed by atoms with E-state index in [4.69, 9.17) is 42.6 Å². The number of benzene rings is 4. The molecule has 0 saturated heterocycles. The van der Waals surface area contributed by atoms with Gasteiger partial charge in [-0.15, -0.1) is 0 Å². The second kappa shape index (κ2) is 23.9. The van der Waals surface area contributed by atoms with Crippen molar-refractivity contribution in [2.45, 2.75) is 89.1 Å². The first kappa shape index (κ1) is 54.3. The number of nitrogens with zero attached hydrogens (tertiary/aromatic N) is 2. The summed E-state index contributed by atoms with van der Waals surface area (Å²) in [6, 6.07) is 18.3. The summed E-state index contributed by atoms with van der Waals surface area (Å²) in [5.41, 5.74) is 5.68. The van der Waals surface area contributed by atoms with E-state index in [0.717, 1.165) is 54.7 Å². The van der Waals surface area contributed by atoms with Gasteiger partial charge in [0.25, 0.3) is 0 Å². The van der Waals surface area contributed by atoms with E-state index < -0.39 is 17.4 Å². The third-order valence-electron chi connectivity index (χ3n) is 15.6. The lowest BCUT2D eigenvalue weighted by atomic mass is 9.74. The van der Waals surface area contributed by atoms with E-state index in [0.29, 0.717) is 125 Å². The van der Waals surface area contributed by atoms with Crippen molar-refractivity contribution >= 4 is 11.9 Å². The van der Waals surface area contributed by atoms with Gasteiger partial charge in [-0.3, -0.25) is 9.59 Å². The second-order valence-electron chi connectivity index (χ2n) is 19.7. The quantitative estimate of drug-likeness (QED) is 0.0431. The maximum Gasteiger partial charge on any atom is 0.309 e. The highest BCUT2D eigenvalue weighted by atomic mass is 16.5. The summed E-state index contributed by atoms with van der Waals surface area (Å²) in [4.78, 5) is 25.5. The first-order valence-electron chi connectivity index (χ1n) is 24.7. The van der Waals surface area contributed by atoms with Crippen LogP contribution in [0, 0.1) is 5.41 Å². The number of likely N-dealkylation sites (N-methyl/N-ethyl adjacent to an activating group) is 2. The van der Waals surface area contributed by atoms with Crippen LogP contribution in [0.15, 0.2) is 54.6 Å². The molecule has 0 bridgehead atoms. The molecule has 0 aliphatic carbocycles. The van der Waals surface area contributed by atoms with E-state index in [9.17, 15) is 19.8 Å². The van der Waals surface area contributed by atoms with Crippen LogP contribution in [0.1, 0.15) is 103 Å². The minimum Gasteiger partial charge on any atom is -0.493 e. The Hall–Kier alpha value is -6.06. The molecule has 4 aromatic carbocycles. The Labute approximate surface area is 420 Å². The molecule has 2 aliphatic heterocycles. The number of methoxy groups -OCH3 is 9. The highest BCUT2D eigenvalue weighted by Gasteiger charge is 2.45. The SMILES string of the molecule is COc1ccc(C[C@@H]2c3cc(OC)c(OC)cc3CC[N@+]2(C)CCCC(CCCCCC(=O)O)(CCC[N@@+]2(C)CCc3cc(OC)c(OC)cc3[C@@H]2c2cc(OC)c(OC)c(OC)c2)C(=O)O)cc1OC. The van der Waals surface area contributed by atoms with Crippen molar-refractivity contribution in [1.29, 1.82) is 0 Å². The van der Waals surface area contributed by atoms with Crippen molar-refractivity contribution in [3.05, 3.63) is 88.0 Å². The number of aliphatic carboxylic acids is 2. The zero-order chi connectivity index (χ0) is 51.5. The summed E-state index contributed by atoms with van der Waals surface area (Å²) < 4.78 is 53.3. The number of hydrogen-bond donors (Lipinski definition) is 2. The highest BCUT2D eigenvalue weighted by molar-refractivity contribution is 5.74. The standard InChI is InChI=1S/C56H76N2O13/c1-57(27-20-38-31-46(65-5)48(67-7)35-41(38)43(57)29-37-18-19-44(63-3)45(30-37)64-4)25-15-23-56(55(61)62,22-14-12-13-17-52(59)60)24-16-26-58(2)28-21-39-32-47(66-6)49(68-8)36-42(39)53(58)40-33-50(69-9)54(71-11)51(34-40)70-10/h18-19,30-36,43,53H,12-17,20-29H2,1-11H3/p+2/t43-,53+,56?,57+,58+/m1/s1. The summed E-state index contributed by atoms with van der Waals surface area (Å²) >= 11 is 0. The molecule has 2 N–H and O–H groups in total. The minimum atomic E-state index is -1.03. The van der Waals surface area contributed by atoms with Crippen LogP contribution in [0.5, 0.6) is 51.7 Å². The fourth-order valence-corrected chi connectivity index (χ4v) is 11.6. The number of fused-ring (bicyclic) bond motifs is 2. The molecule has 0 saturated carbocycles. The van der Waals surface area contributed by atoms with Gasteiger partial charge in [0.1, 0.15) is 12.1 Å². The van der Waals surface area contributed by atoms with Crippen LogP contribution in [0.4, 0.5) is 0 Å². The summed E-state index contributed by atoms with van der Waals surface area (Å²) in [5, 5.41) is 20.9. The predicted molar refractivity (Wildman–Crippen MR) is 272 cm³/mol. The number of carbonyl (C=O) groups is 2. The Balaban J connectivity index is 1.33. The molecule has 0 radical (unpaired) electrons. The minimum absolute atomic E-state index is 0.0176. The Morgan fingerprint density at radius 1 is 0.535 bits per heavy atom. The number of rotatable bonds is 27. The fourth-order valence-electron chi connectivity index (χ4n) is 11.6. The maximum atomic E-state index is 14.0. The van der Waals surface area contributed by atoms with Gasteiger partial charge in [-0.1, -0.05) is 18.9 Å². The van der Waals surface area contributed by atoms with Gasteiger partial charge in [0, 0.05) is 42.4 Å². The molecule has 15 heteroatoms. The van der Waals surface area contributed by atoms with Crippen molar-refractivity contribution < 1.29 is 71.4 Å². The Morgan fingerprint density at radius 3 is 1.54 bits per heavy atom. The molecule has 5 atom stereocenters. The molecule has 6 rings (SSSR count). The van der Waals surface area contributed by atoms with E-state index >= 15 is 0 Å². The number of carboxylic acids is 2. The lowest BCUT2D eigenvalue weighted by molar-refractivity contribution is -0.941. The van der Waals surface area contributed by atoms with E-state index in [1.54, 1.807) is 64.0 Å². The fraction of sp³-hybridized carbons (Fsp3) is 0.536. The zero-order valence-corrected chi connectivity index (χ0v) is 43.9. The van der Waals surface area contributed by atoms with Gasteiger partial charge in [0.15, 0.2) is 46.0 Å². The van der Waals surface area contributed by atoms with Crippen molar-refractivity contribution in [2.24, 2.45) is 5.41 Å². The van der Waals surface area contributed by atoms with E-state index in [1.165, 1.54) is 11.1 Å². The number of unbranched alkanes of at least 4 members (excludes halogenated alkanes) is 2. The molecule has 388 valence electrons. The van der Waals surface area contributed by atoms with Crippen molar-refractivity contribution in [3.8, 4) is 51.7 Å². The topological polar surface area (TPSA) is 158 Å². The first-order valence-corrected chi connectivity index (χ1v) is 24.7. The predicted octanol–water partition coefficient (Wildman–Crippen LogP) is 9.51. The van der Waals surface area contributed by atoms with Gasteiger partial charge in [0.2, 0.25) is 5.75 Å². The third kappa shape index (κ3) is 11.8. The van der Waals surface area contributed by atoms with Crippen LogP contribution in [-0.4, -0.2) is 135 Å². The summed E-state index contributed by atoms with van der Waals surface area (Å²) in [6.45, 7) is 3.08. The molecule has 4 aromatic rings. The molecule has 15 nitrogen and oxygen atoms in total. The van der Waals surface area contributed by atoms with E-state index in [1.807, 2.05) is 24.3 Å². The Morgan fingerprint density at radius 2 is 1.01 bits per heavy atom. The van der Waals surface area contributed by atoms with E-state index in [-0.39, 0.29) is 18.5 Å². The number of carboxylic acid groups (broad SMARTS) is 2. The Kier molecular flexibility index (Phi) is 18.3. The molecule has 71 heavy (non-hydrogen) atoms. The van der Waals surface area contributed by atoms with Gasteiger partial charge in [-0.2, -0.15) is 0 Å². The van der Waals surface area contributed by atoms with Crippen LogP contribution in [-0.2, 0) is 28.9 Å². The average molecular weight is 987 g/mol.